The molecule has 1 saturated heterocycles. The minimum absolute atomic E-state index is 0.133. The second-order valence-corrected chi connectivity index (χ2v) is 8.81. The summed E-state index contributed by atoms with van der Waals surface area (Å²) in [5.74, 6) is -0.277. The standard InChI is InChI=1S/C24H26ClN5O6/c1-35-19-10-20(36-2)17(9-16(19)25)27-21(31)12-29-18-6-4-3-5-15(18)23(33)30(24(29)34)13-22(32)28-8-7-14(26)11-28/h3-6,9-10,14H,7-8,11-13,26H2,1-2H3,(H,27,31). The number of rotatable bonds is 7. The van der Waals surface area contributed by atoms with Crippen LogP contribution < -0.4 is 31.8 Å². The molecule has 0 radical (unpaired) electrons. The van der Waals surface area contributed by atoms with Crippen molar-refractivity contribution in [2.45, 2.75) is 25.6 Å². The number of nitrogens with zero attached hydrogens (tertiary/aromatic N) is 3. The topological polar surface area (TPSA) is 138 Å². The highest BCUT2D eigenvalue weighted by atomic mass is 35.5. The van der Waals surface area contributed by atoms with Gasteiger partial charge in [-0.15, -0.1) is 0 Å². The molecule has 190 valence electrons. The van der Waals surface area contributed by atoms with Crippen LogP contribution >= 0.6 is 11.6 Å². The van der Waals surface area contributed by atoms with E-state index in [0.717, 1.165) is 9.13 Å². The van der Waals surface area contributed by atoms with Gasteiger partial charge in [0, 0.05) is 25.2 Å². The summed E-state index contributed by atoms with van der Waals surface area (Å²) >= 11 is 6.19. The molecule has 0 bridgehead atoms. The van der Waals surface area contributed by atoms with Crippen LogP contribution in [-0.2, 0) is 22.7 Å². The number of amides is 2. The van der Waals surface area contributed by atoms with E-state index in [1.807, 2.05) is 0 Å². The Balaban J connectivity index is 1.68. The zero-order valence-electron chi connectivity index (χ0n) is 19.8. The molecule has 0 aliphatic carbocycles. The van der Waals surface area contributed by atoms with Gasteiger partial charge in [-0.2, -0.15) is 0 Å². The molecule has 0 spiro atoms. The Morgan fingerprint density at radius 2 is 1.81 bits per heavy atom. The SMILES string of the molecule is COc1cc(OC)c(NC(=O)Cn2c(=O)n(CC(=O)N3CCC(N)C3)c(=O)c3ccccc32)cc1Cl. The summed E-state index contributed by atoms with van der Waals surface area (Å²) in [6.45, 7) is -0.0385. The maximum Gasteiger partial charge on any atom is 0.332 e. The highest BCUT2D eigenvalue weighted by Gasteiger charge is 2.25. The third kappa shape index (κ3) is 4.93. The Labute approximate surface area is 210 Å². The number of para-hydroxylation sites is 1. The summed E-state index contributed by atoms with van der Waals surface area (Å²) in [6.07, 6.45) is 0.654. The predicted octanol–water partition coefficient (Wildman–Crippen LogP) is 1.03. The van der Waals surface area contributed by atoms with E-state index in [-0.39, 0.29) is 33.6 Å². The van der Waals surface area contributed by atoms with Gasteiger partial charge in [-0.1, -0.05) is 23.7 Å². The van der Waals surface area contributed by atoms with E-state index in [9.17, 15) is 19.2 Å². The number of anilines is 1. The van der Waals surface area contributed by atoms with Crippen LogP contribution in [0.2, 0.25) is 5.02 Å². The fourth-order valence-electron chi connectivity index (χ4n) is 4.20. The number of methoxy groups -OCH3 is 2. The maximum atomic E-state index is 13.4. The van der Waals surface area contributed by atoms with Gasteiger partial charge in [0.05, 0.1) is 35.8 Å². The van der Waals surface area contributed by atoms with E-state index in [2.05, 4.69) is 5.32 Å². The van der Waals surface area contributed by atoms with Crippen LogP contribution in [0.3, 0.4) is 0 Å². The molecule has 11 nitrogen and oxygen atoms in total. The summed E-state index contributed by atoms with van der Waals surface area (Å²) in [6, 6.07) is 9.28. The first kappa shape index (κ1) is 25.3. The lowest BCUT2D eigenvalue weighted by molar-refractivity contribution is -0.130. The van der Waals surface area contributed by atoms with E-state index in [4.69, 9.17) is 26.8 Å². The number of nitrogens with two attached hydrogens (primary N) is 1. The molecule has 0 saturated carbocycles. The van der Waals surface area contributed by atoms with Crippen LogP contribution in [0.4, 0.5) is 5.69 Å². The Morgan fingerprint density at radius 1 is 1.08 bits per heavy atom. The highest BCUT2D eigenvalue weighted by molar-refractivity contribution is 6.32. The highest BCUT2D eigenvalue weighted by Crippen LogP contribution is 2.35. The monoisotopic (exact) mass is 515 g/mol. The molecule has 1 aromatic heterocycles. The normalized spacial score (nSPS) is 15.2. The lowest BCUT2D eigenvalue weighted by Crippen LogP contribution is -2.45. The molecular weight excluding hydrogens is 490 g/mol. The third-order valence-corrected chi connectivity index (χ3v) is 6.35. The number of nitrogens with one attached hydrogen (secondary N) is 1. The number of fused-ring (bicyclic) bond motifs is 1. The molecule has 12 heteroatoms. The predicted molar refractivity (Wildman–Crippen MR) is 135 cm³/mol. The van der Waals surface area contributed by atoms with E-state index in [1.54, 1.807) is 24.3 Å². The van der Waals surface area contributed by atoms with Crippen molar-refractivity contribution >= 4 is 40.0 Å². The number of carbonyl (C=O) groups is 2. The summed E-state index contributed by atoms with van der Waals surface area (Å²) < 4.78 is 12.5. The number of carbonyl (C=O) groups excluding carboxylic acids is 2. The number of likely N-dealkylation sites (tertiary alicyclic amines) is 1. The minimum Gasteiger partial charge on any atom is -0.495 e. The molecule has 2 aromatic carbocycles. The van der Waals surface area contributed by atoms with Crippen molar-refractivity contribution in [3.8, 4) is 11.5 Å². The van der Waals surface area contributed by atoms with Gasteiger partial charge in [0.1, 0.15) is 24.6 Å². The number of ether oxygens (including phenoxy) is 2. The maximum absolute atomic E-state index is 13.4. The van der Waals surface area contributed by atoms with Gasteiger partial charge in [-0.25, -0.2) is 4.79 Å². The van der Waals surface area contributed by atoms with Crippen molar-refractivity contribution in [3.05, 3.63) is 62.3 Å². The quantitative estimate of drug-likeness (QED) is 0.479. The summed E-state index contributed by atoms with van der Waals surface area (Å²) in [5.41, 5.74) is 5.06. The molecule has 1 aliphatic heterocycles. The first-order chi connectivity index (χ1) is 17.2. The fraction of sp³-hybridized carbons (Fsp3) is 0.333. The van der Waals surface area contributed by atoms with Crippen LogP contribution in [0.25, 0.3) is 10.9 Å². The zero-order valence-corrected chi connectivity index (χ0v) is 20.6. The smallest absolute Gasteiger partial charge is 0.332 e. The number of halogens is 1. The first-order valence-corrected chi connectivity index (χ1v) is 11.6. The number of hydrogen-bond acceptors (Lipinski definition) is 7. The van der Waals surface area contributed by atoms with Gasteiger partial charge in [0.15, 0.2) is 0 Å². The molecule has 36 heavy (non-hydrogen) atoms. The van der Waals surface area contributed by atoms with Gasteiger partial charge in [0.2, 0.25) is 11.8 Å². The lowest BCUT2D eigenvalue weighted by atomic mass is 10.2. The van der Waals surface area contributed by atoms with Crippen LogP contribution in [0.15, 0.2) is 46.0 Å². The summed E-state index contributed by atoms with van der Waals surface area (Å²) in [7, 11) is 2.88. The van der Waals surface area contributed by atoms with E-state index < -0.39 is 30.2 Å². The van der Waals surface area contributed by atoms with Gasteiger partial charge in [0.25, 0.3) is 5.56 Å². The largest absolute Gasteiger partial charge is 0.495 e. The first-order valence-electron chi connectivity index (χ1n) is 11.2. The van der Waals surface area contributed by atoms with Crippen LogP contribution in [0.5, 0.6) is 11.5 Å². The third-order valence-electron chi connectivity index (χ3n) is 6.05. The summed E-state index contributed by atoms with van der Waals surface area (Å²) in [5, 5.41) is 3.14. The average molecular weight is 516 g/mol. The molecular formula is C24H26ClN5O6. The average Bonchev–Trinajstić information content (AvgIpc) is 3.31. The zero-order chi connectivity index (χ0) is 26.0. The number of benzene rings is 2. The van der Waals surface area contributed by atoms with Gasteiger partial charge >= 0.3 is 5.69 Å². The number of aromatic nitrogens is 2. The minimum atomic E-state index is -0.773. The molecule has 4 rings (SSSR count). The molecule has 2 amide bonds. The molecule has 1 aliphatic rings. The summed E-state index contributed by atoms with van der Waals surface area (Å²) in [4.78, 5) is 53.7. The number of hydrogen-bond donors (Lipinski definition) is 2. The van der Waals surface area contributed by atoms with Gasteiger partial charge < -0.3 is 25.4 Å². The second-order valence-electron chi connectivity index (χ2n) is 8.40. The van der Waals surface area contributed by atoms with Crippen molar-refractivity contribution in [1.82, 2.24) is 14.0 Å². The van der Waals surface area contributed by atoms with Crippen molar-refractivity contribution in [2.24, 2.45) is 5.73 Å². The Bertz CT molecular complexity index is 1450. The fourth-order valence-corrected chi connectivity index (χ4v) is 4.44. The Kier molecular flexibility index (Phi) is 7.32. The van der Waals surface area contributed by atoms with E-state index >= 15 is 0 Å². The molecule has 1 unspecified atom stereocenters. The van der Waals surface area contributed by atoms with Crippen molar-refractivity contribution in [3.63, 3.8) is 0 Å². The van der Waals surface area contributed by atoms with Crippen LogP contribution in [0, 0.1) is 0 Å². The van der Waals surface area contributed by atoms with Crippen molar-refractivity contribution in [2.75, 3.05) is 32.6 Å². The lowest BCUT2D eigenvalue weighted by Gasteiger charge is -2.18. The van der Waals surface area contributed by atoms with Crippen molar-refractivity contribution in [1.29, 1.82) is 0 Å². The van der Waals surface area contributed by atoms with Crippen LogP contribution in [-0.4, -0.2) is 59.2 Å². The van der Waals surface area contributed by atoms with E-state index in [1.165, 1.54) is 31.3 Å². The van der Waals surface area contributed by atoms with Crippen molar-refractivity contribution < 1.29 is 19.1 Å². The Morgan fingerprint density at radius 3 is 2.47 bits per heavy atom. The molecule has 2 heterocycles. The molecule has 3 N–H and O–H groups in total. The molecule has 3 aromatic rings. The van der Waals surface area contributed by atoms with E-state index in [0.29, 0.717) is 31.0 Å². The van der Waals surface area contributed by atoms with Crippen LogP contribution in [0.1, 0.15) is 6.42 Å². The second kappa shape index (κ2) is 10.4. The molecule has 1 atom stereocenters. The van der Waals surface area contributed by atoms with Gasteiger partial charge in [-0.05, 0) is 24.6 Å². The molecule has 1 fully saturated rings. The van der Waals surface area contributed by atoms with Gasteiger partial charge in [-0.3, -0.25) is 23.5 Å². The Hall–Kier alpha value is -3.83.